The van der Waals surface area contributed by atoms with Crippen LogP contribution in [-0.4, -0.2) is 19.6 Å². The number of benzene rings is 2. The van der Waals surface area contributed by atoms with Crippen molar-refractivity contribution in [3.05, 3.63) is 58.9 Å². The van der Waals surface area contributed by atoms with E-state index in [-0.39, 0.29) is 17.5 Å². The van der Waals surface area contributed by atoms with E-state index in [1.807, 2.05) is 0 Å². The van der Waals surface area contributed by atoms with Crippen LogP contribution in [0.4, 0.5) is 35.1 Å². The van der Waals surface area contributed by atoms with E-state index in [1.165, 1.54) is 25.7 Å². The third-order valence-electron chi connectivity index (χ3n) is 7.70. The van der Waals surface area contributed by atoms with Gasteiger partial charge in [-0.25, -0.2) is 13.2 Å². The summed E-state index contributed by atoms with van der Waals surface area (Å²) in [5.74, 6) is -5.99. The van der Waals surface area contributed by atoms with Crippen LogP contribution in [0.5, 0.6) is 11.5 Å². The summed E-state index contributed by atoms with van der Waals surface area (Å²) in [6.45, 7) is 2.79. The van der Waals surface area contributed by atoms with Crippen LogP contribution < -0.4 is 9.47 Å². The van der Waals surface area contributed by atoms with E-state index in [9.17, 15) is 35.1 Å². The van der Waals surface area contributed by atoms with Crippen LogP contribution in [0.3, 0.4) is 0 Å². The molecular formula is C29H32F8O4. The van der Waals surface area contributed by atoms with E-state index >= 15 is 0 Å². The molecule has 2 aromatic rings. The Labute approximate surface area is 232 Å². The molecule has 0 aromatic heterocycles. The summed E-state index contributed by atoms with van der Waals surface area (Å²) < 4.78 is 129. The lowest BCUT2D eigenvalue weighted by Crippen LogP contribution is -2.34. The van der Waals surface area contributed by atoms with Crippen molar-refractivity contribution in [2.75, 3.05) is 13.2 Å². The zero-order chi connectivity index (χ0) is 29.8. The molecular weight excluding hydrogens is 564 g/mol. The van der Waals surface area contributed by atoms with Crippen molar-refractivity contribution in [2.24, 2.45) is 17.8 Å². The summed E-state index contributed by atoms with van der Waals surface area (Å²) in [6.07, 6.45) is -1.64. The summed E-state index contributed by atoms with van der Waals surface area (Å²) in [5, 5.41) is 0. The van der Waals surface area contributed by atoms with Gasteiger partial charge in [0.1, 0.15) is 22.9 Å². The fourth-order valence-corrected chi connectivity index (χ4v) is 5.57. The lowest BCUT2D eigenvalue weighted by atomic mass is 9.74. The first kappa shape index (κ1) is 31.3. The molecule has 2 fully saturated rings. The number of unbranched alkanes of at least 4 members (excludes halogenated alkanes) is 2. The van der Waals surface area contributed by atoms with Crippen molar-refractivity contribution >= 4 is 0 Å². The van der Waals surface area contributed by atoms with E-state index in [1.54, 1.807) is 0 Å². The Morgan fingerprint density at radius 3 is 1.98 bits per heavy atom. The van der Waals surface area contributed by atoms with Crippen molar-refractivity contribution in [3.8, 4) is 11.5 Å². The van der Waals surface area contributed by atoms with Crippen molar-refractivity contribution in [2.45, 2.75) is 77.1 Å². The molecule has 12 heteroatoms. The van der Waals surface area contributed by atoms with E-state index in [2.05, 4.69) is 16.4 Å². The quantitative estimate of drug-likeness (QED) is 0.203. The van der Waals surface area contributed by atoms with Crippen LogP contribution >= 0.6 is 0 Å². The predicted octanol–water partition coefficient (Wildman–Crippen LogP) is 9.18. The Balaban J connectivity index is 1.35. The Morgan fingerprint density at radius 1 is 0.780 bits per heavy atom. The molecule has 2 aliphatic rings. The highest BCUT2D eigenvalue weighted by atomic mass is 19.4. The summed E-state index contributed by atoms with van der Waals surface area (Å²) in [6, 6.07) is 2.40. The maximum Gasteiger partial charge on any atom is 0.573 e. The molecule has 41 heavy (non-hydrogen) atoms. The van der Waals surface area contributed by atoms with Gasteiger partial charge in [0.15, 0.2) is 17.9 Å². The minimum absolute atomic E-state index is 0.128. The first-order valence-electron chi connectivity index (χ1n) is 13.7. The van der Waals surface area contributed by atoms with Crippen LogP contribution in [0.25, 0.3) is 0 Å². The van der Waals surface area contributed by atoms with Gasteiger partial charge in [0.05, 0.1) is 13.2 Å². The molecule has 1 aliphatic carbocycles. The van der Waals surface area contributed by atoms with E-state index < -0.39 is 53.3 Å². The Kier molecular flexibility index (Phi) is 10.0. The number of hydrogen-bond acceptors (Lipinski definition) is 4. The molecule has 228 valence electrons. The first-order chi connectivity index (χ1) is 19.4. The molecule has 0 atom stereocenters. The van der Waals surface area contributed by atoms with Crippen LogP contribution in [0.2, 0.25) is 0 Å². The molecule has 1 saturated heterocycles. The van der Waals surface area contributed by atoms with Gasteiger partial charge in [-0.15, -0.1) is 13.2 Å². The third-order valence-corrected chi connectivity index (χ3v) is 7.70. The standard InChI is InChI=1S/C29H32F8O4/c1-2-3-4-5-17-6-8-18(9-7-17)20-15-38-27(39-16-20)19-12-23(31)26(24(32)13-19)28(33,34)40-21-10-11-25(22(30)14-21)41-29(35,36)37/h10-14,17-18,20,27H,2-9,15-16H2,1H3. The number of halogens is 8. The topological polar surface area (TPSA) is 36.9 Å². The average Bonchev–Trinajstić information content (AvgIpc) is 2.89. The van der Waals surface area contributed by atoms with Gasteiger partial charge in [-0.2, -0.15) is 8.78 Å². The molecule has 1 heterocycles. The zero-order valence-electron chi connectivity index (χ0n) is 22.4. The first-order valence-corrected chi connectivity index (χ1v) is 13.7. The summed E-state index contributed by atoms with van der Waals surface area (Å²) in [7, 11) is 0. The minimum atomic E-state index is -5.22. The third kappa shape index (κ3) is 8.24. The highest BCUT2D eigenvalue weighted by Crippen LogP contribution is 2.41. The van der Waals surface area contributed by atoms with Crippen LogP contribution in [-0.2, 0) is 15.6 Å². The fraction of sp³-hybridized carbons (Fsp3) is 0.586. The molecule has 0 radical (unpaired) electrons. The molecule has 2 aromatic carbocycles. The van der Waals surface area contributed by atoms with Crippen LogP contribution in [0.1, 0.15) is 75.7 Å². The highest BCUT2D eigenvalue weighted by Gasteiger charge is 2.42. The van der Waals surface area contributed by atoms with E-state index in [0.29, 0.717) is 43.4 Å². The maximum atomic E-state index is 14.8. The van der Waals surface area contributed by atoms with Gasteiger partial charge >= 0.3 is 12.5 Å². The van der Waals surface area contributed by atoms with Crippen molar-refractivity contribution in [3.63, 3.8) is 0 Å². The molecule has 0 amide bonds. The van der Waals surface area contributed by atoms with Crippen LogP contribution in [0.15, 0.2) is 30.3 Å². The smallest absolute Gasteiger partial charge is 0.429 e. The minimum Gasteiger partial charge on any atom is -0.429 e. The Bertz CT molecular complexity index is 1130. The fourth-order valence-electron chi connectivity index (χ4n) is 5.57. The zero-order valence-corrected chi connectivity index (χ0v) is 22.4. The van der Waals surface area contributed by atoms with Gasteiger partial charge in [-0.3, -0.25) is 0 Å². The second kappa shape index (κ2) is 13.1. The van der Waals surface area contributed by atoms with Gasteiger partial charge in [0, 0.05) is 17.5 Å². The van der Waals surface area contributed by atoms with Crippen molar-refractivity contribution in [1.29, 1.82) is 0 Å². The second-order valence-corrected chi connectivity index (χ2v) is 10.7. The van der Waals surface area contributed by atoms with E-state index in [4.69, 9.17) is 9.47 Å². The molecule has 1 aliphatic heterocycles. The number of hydrogen-bond donors (Lipinski definition) is 0. The molecule has 0 N–H and O–H groups in total. The predicted molar refractivity (Wildman–Crippen MR) is 132 cm³/mol. The largest absolute Gasteiger partial charge is 0.573 e. The molecule has 0 unspecified atom stereocenters. The molecule has 4 nitrogen and oxygen atoms in total. The van der Waals surface area contributed by atoms with Gasteiger partial charge in [0.2, 0.25) is 0 Å². The van der Waals surface area contributed by atoms with Crippen LogP contribution in [0, 0.1) is 35.2 Å². The summed E-state index contributed by atoms with van der Waals surface area (Å²) in [5.41, 5.74) is -1.90. The van der Waals surface area contributed by atoms with Gasteiger partial charge in [-0.1, -0.05) is 45.4 Å². The van der Waals surface area contributed by atoms with E-state index in [0.717, 1.165) is 31.6 Å². The lowest BCUT2D eigenvalue weighted by molar-refractivity contribution is -0.275. The number of rotatable bonds is 10. The molecule has 1 saturated carbocycles. The summed E-state index contributed by atoms with van der Waals surface area (Å²) in [4.78, 5) is 0. The second-order valence-electron chi connectivity index (χ2n) is 10.7. The Hall–Kier alpha value is -2.60. The number of alkyl halides is 5. The van der Waals surface area contributed by atoms with Gasteiger partial charge in [0.25, 0.3) is 0 Å². The highest BCUT2D eigenvalue weighted by molar-refractivity contribution is 5.35. The number of ether oxygens (including phenoxy) is 4. The van der Waals surface area contributed by atoms with Crippen molar-refractivity contribution in [1.82, 2.24) is 0 Å². The van der Waals surface area contributed by atoms with Gasteiger partial charge in [-0.05, 0) is 48.9 Å². The molecule has 0 bridgehead atoms. The molecule has 0 spiro atoms. The summed E-state index contributed by atoms with van der Waals surface area (Å²) >= 11 is 0. The SMILES string of the molecule is CCCCCC1CCC(C2COC(c3cc(F)c(C(F)(F)Oc4ccc(OC(F)(F)F)c(F)c4)c(F)c3)OC2)CC1. The van der Waals surface area contributed by atoms with Crippen molar-refractivity contribution < 1.29 is 54.1 Å². The lowest BCUT2D eigenvalue weighted by Gasteiger charge is -2.38. The van der Waals surface area contributed by atoms with Gasteiger partial charge < -0.3 is 18.9 Å². The monoisotopic (exact) mass is 596 g/mol. The average molecular weight is 597 g/mol. The maximum absolute atomic E-state index is 14.8. The molecule has 4 rings (SSSR count). The normalized spacial score (nSPS) is 23.8. The Morgan fingerprint density at radius 2 is 1.41 bits per heavy atom.